The molecular formula is C28H33F3N3O2PS2. The number of thiocarbonyl (C=S) groups is 1. The van der Waals surface area contributed by atoms with E-state index in [9.17, 15) is 13.2 Å². The van der Waals surface area contributed by atoms with Crippen LogP contribution in [0.5, 0.6) is 11.5 Å². The van der Waals surface area contributed by atoms with Crippen LogP contribution in [-0.4, -0.2) is 5.11 Å². The summed E-state index contributed by atoms with van der Waals surface area (Å²) in [5, 5.41) is 5.56. The molecule has 0 aliphatic carbocycles. The van der Waals surface area contributed by atoms with Gasteiger partial charge in [-0.1, -0.05) is 71.9 Å². The first kappa shape index (κ1) is 30.9. The van der Waals surface area contributed by atoms with Gasteiger partial charge in [-0.3, -0.25) is 5.43 Å². The number of benzene rings is 3. The molecule has 0 amide bonds. The largest absolute Gasteiger partial charge is 0.424 e. The summed E-state index contributed by atoms with van der Waals surface area (Å²) in [4.78, 5) is 0. The summed E-state index contributed by atoms with van der Waals surface area (Å²) in [6.07, 6.45) is -4.47. The molecule has 0 bridgehead atoms. The first-order chi connectivity index (χ1) is 17.9. The second kappa shape index (κ2) is 11.8. The molecule has 3 N–H and O–H groups in total. The second-order valence-corrected chi connectivity index (χ2v) is 14.4. The maximum atomic E-state index is 13.1. The fourth-order valence-electron chi connectivity index (χ4n) is 3.43. The Kier molecular flexibility index (Phi) is 9.38. The molecule has 210 valence electrons. The van der Waals surface area contributed by atoms with Crippen molar-refractivity contribution in [3.8, 4) is 11.5 Å². The fourth-order valence-corrected chi connectivity index (χ4v) is 5.50. The highest BCUT2D eigenvalue weighted by atomic mass is 32.5. The van der Waals surface area contributed by atoms with Gasteiger partial charge in [0.1, 0.15) is 11.5 Å². The maximum Gasteiger partial charge on any atom is 0.416 e. The standard InChI is InChI=1S/C28H33F3N3O2PS2/c1-26(2,3)19-10-14-23(15-11-19)35-37(39,36-24-16-12-20(13-17-24)27(4,5)6)34-33-25(38)32-22-9-7-8-21(18-22)28(29,30)31/h7-18H,1-6H3,(H,34,39)(H2,32,33,38). The van der Waals surface area contributed by atoms with Crippen molar-refractivity contribution < 1.29 is 22.2 Å². The monoisotopic (exact) mass is 595 g/mol. The highest BCUT2D eigenvalue weighted by Gasteiger charge is 2.30. The van der Waals surface area contributed by atoms with E-state index in [1.165, 1.54) is 12.1 Å². The molecule has 3 aromatic carbocycles. The molecule has 5 nitrogen and oxygen atoms in total. The molecule has 0 saturated heterocycles. The van der Waals surface area contributed by atoms with Crippen LogP contribution in [0.2, 0.25) is 0 Å². The highest BCUT2D eigenvalue weighted by molar-refractivity contribution is 8.09. The van der Waals surface area contributed by atoms with Gasteiger partial charge >= 0.3 is 12.8 Å². The molecular weight excluding hydrogens is 562 g/mol. The van der Waals surface area contributed by atoms with Gasteiger partial charge in [0, 0.05) is 17.5 Å². The Bertz CT molecular complexity index is 1270. The average molecular weight is 596 g/mol. The lowest BCUT2D eigenvalue weighted by molar-refractivity contribution is -0.137. The van der Waals surface area contributed by atoms with E-state index in [2.05, 4.69) is 57.5 Å². The lowest BCUT2D eigenvalue weighted by Crippen LogP contribution is -2.40. The molecule has 11 heteroatoms. The van der Waals surface area contributed by atoms with Crippen LogP contribution in [0.3, 0.4) is 0 Å². The number of hydrogen-bond acceptors (Lipinski definition) is 4. The van der Waals surface area contributed by atoms with Crippen molar-refractivity contribution in [2.45, 2.75) is 58.5 Å². The number of alkyl halides is 3. The fraction of sp³-hybridized carbons (Fsp3) is 0.321. The quantitative estimate of drug-likeness (QED) is 0.144. The van der Waals surface area contributed by atoms with E-state index in [4.69, 9.17) is 33.1 Å². The Hall–Kier alpha value is -2.65. The van der Waals surface area contributed by atoms with E-state index in [1.807, 2.05) is 48.5 Å². The normalized spacial score (nSPS) is 12.5. The van der Waals surface area contributed by atoms with Crippen molar-refractivity contribution in [2.75, 3.05) is 5.32 Å². The molecule has 0 unspecified atom stereocenters. The molecule has 0 fully saturated rings. The van der Waals surface area contributed by atoms with Gasteiger partial charge in [0.05, 0.1) is 5.56 Å². The number of anilines is 1. The van der Waals surface area contributed by atoms with E-state index in [0.29, 0.717) is 11.5 Å². The van der Waals surface area contributed by atoms with E-state index < -0.39 is 18.4 Å². The third kappa shape index (κ3) is 9.21. The van der Waals surface area contributed by atoms with E-state index >= 15 is 0 Å². The van der Waals surface area contributed by atoms with Gasteiger partial charge < -0.3 is 14.4 Å². The second-order valence-electron chi connectivity index (χ2n) is 11.0. The molecule has 0 atom stereocenters. The highest BCUT2D eigenvalue weighted by Crippen LogP contribution is 2.45. The zero-order chi connectivity index (χ0) is 29.1. The van der Waals surface area contributed by atoms with Crippen LogP contribution in [0.4, 0.5) is 18.9 Å². The Morgan fingerprint density at radius 3 is 1.59 bits per heavy atom. The predicted molar refractivity (Wildman–Crippen MR) is 160 cm³/mol. The third-order valence-electron chi connectivity index (χ3n) is 5.65. The summed E-state index contributed by atoms with van der Waals surface area (Å²) in [6.45, 7) is 9.37. The van der Waals surface area contributed by atoms with Gasteiger partial charge in [0.15, 0.2) is 5.11 Å². The molecule has 39 heavy (non-hydrogen) atoms. The van der Waals surface area contributed by atoms with Crippen molar-refractivity contribution in [3.63, 3.8) is 0 Å². The van der Waals surface area contributed by atoms with E-state index in [-0.39, 0.29) is 21.6 Å². The summed E-state index contributed by atoms with van der Waals surface area (Å²) >= 11 is 11.1. The van der Waals surface area contributed by atoms with Crippen LogP contribution in [0.15, 0.2) is 72.8 Å². The molecule has 3 rings (SSSR count). The zero-order valence-corrected chi connectivity index (χ0v) is 25.2. The van der Waals surface area contributed by atoms with Gasteiger partial charge in [-0.25, -0.2) is 0 Å². The number of hydrogen-bond donors (Lipinski definition) is 3. The van der Waals surface area contributed by atoms with Crippen LogP contribution < -0.4 is 25.0 Å². The molecule has 3 aromatic rings. The third-order valence-corrected chi connectivity index (χ3v) is 7.86. The van der Waals surface area contributed by atoms with Gasteiger partial charge in [-0.2, -0.15) is 13.2 Å². The summed E-state index contributed by atoms with van der Waals surface area (Å²) < 4.78 is 51.5. The predicted octanol–water partition coefficient (Wildman–Crippen LogP) is 8.47. The first-order valence-corrected chi connectivity index (χ1v) is 15.2. The van der Waals surface area contributed by atoms with E-state index in [1.54, 1.807) is 0 Å². The lowest BCUT2D eigenvalue weighted by Gasteiger charge is -2.26. The summed E-state index contributed by atoms with van der Waals surface area (Å²) in [5.74, 6) is 0.979. The number of nitrogens with one attached hydrogen (secondary N) is 3. The molecule has 0 saturated carbocycles. The van der Waals surface area contributed by atoms with Gasteiger partial charge in [-0.15, -0.1) is 5.20 Å². The van der Waals surface area contributed by atoms with Gasteiger partial charge in [-0.05, 0) is 76.6 Å². The number of hydrazine groups is 1. The Morgan fingerprint density at radius 1 is 0.718 bits per heavy atom. The SMILES string of the molecule is CC(C)(C)c1ccc(OP(=S)(NNC(=S)Nc2cccc(C(F)(F)F)c2)Oc2ccc(C(C)(C)C)cc2)cc1. The Balaban J connectivity index is 1.79. The molecule has 0 radical (unpaired) electrons. The average Bonchev–Trinajstić information content (AvgIpc) is 2.82. The molecule has 0 spiro atoms. The smallest absolute Gasteiger partial charge is 0.416 e. The van der Waals surface area contributed by atoms with Gasteiger partial charge in [0.2, 0.25) is 0 Å². The van der Waals surface area contributed by atoms with Gasteiger partial charge in [0.25, 0.3) is 0 Å². The number of rotatable bonds is 7. The lowest BCUT2D eigenvalue weighted by atomic mass is 9.87. The Labute approximate surface area is 238 Å². The maximum absolute atomic E-state index is 13.1. The topological polar surface area (TPSA) is 54.5 Å². The minimum atomic E-state index is -4.47. The zero-order valence-electron chi connectivity index (χ0n) is 22.6. The van der Waals surface area contributed by atoms with Crippen LogP contribution >= 0.6 is 18.9 Å². The van der Waals surface area contributed by atoms with Crippen molar-refractivity contribution in [2.24, 2.45) is 0 Å². The van der Waals surface area contributed by atoms with Crippen LogP contribution in [0.25, 0.3) is 0 Å². The van der Waals surface area contributed by atoms with Crippen molar-refractivity contribution in [1.29, 1.82) is 0 Å². The van der Waals surface area contributed by atoms with E-state index in [0.717, 1.165) is 23.3 Å². The molecule has 0 heterocycles. The summed E-state index contributed by atoms with van der Waals surface area (Å²) in [6, 6.07) is 19.8. The van der Waals surface area contributed by atoms with Crippen molar-refractivity contribution in [1.82, 2.24) is 10.6 Å². The van der Waals surface area contributed by atoms with Crippen molar-refractivity contribution >= 4 is 41.5 Å². The van der Waals surface area contributed by atoms with Crippen LogP contribution in [-0.2, 0) is 28.8 Å². The Morgan fingerprint density at radius 2 is 1.18 bits per heavy atom. The molecule has 0 aliphatic rings. The minimum Gasteiger partial charge on any atom is -0.424 e. The number of halogens is 3. The van der Waals surface area contributed by atoms with Crippen LogP contribution in [0, 0.1) is 0 Å². The first-order valence-electron chi connectivity index (χ1n) is 12.2. The summed E-state index contributed by atoms with van der Waals surface area (Å²) in [5.41, 5.74) is 4.27. The van der Waals surface area contributed by atoms with Crippen molar-refractivity contribution in [3.05, 3.63) is 89.5 Å². The van der Waals surface area contributed by atoms with Crippen LogP contribution in [0.1, 0.15) is 58.2 Å². The molecule has 0 aliphatic heterocycles. The minimum absolute atomic E-state index is 0.0121. The molecule has 0 aromatic heterocycles. The summed E-state index contributed by atoms with van der Waals surface area (Å²) in [7, 11) is 0.